The summed E-state index contributed by atoms with van der Waals surface area (Å²) in [5, 5.41) is 31.0. The fraction of sp³-hybridized carbons (Fsp3) is 0.0800. The van der Waals surface area contributed by atoms with Crippen LogP contribution in [0.3, 0.4) is 0 Å². The van der Waals surface area contributed by atoms with Crippen LogP contribution in [0, 0.1) is 10.1 Å². The summed E-state index contributed by atoms with van der Waals surface area (Å²) in [5.41, 5.74) is 1.21. The molecule has 1 saturated heterocycles. The molecule has 1 aliphatic heterocycles. The highest BCUT2D eigenvalue weighted by atomic mass is 32.2. The predicted molar refractivity (Wildman–Crippen MR) is 138 cm³/mol. The number of amides is 1. The van der Waals surface area contributed by atoms with Gasteiger partial charge in [0, 0.05) is 35.8 Å². The number of nitro groups is 1. The molecule has 3 heterocycles. The molecule has 0 saturated carbocycles. The van der Waals surface area contributed by atoms with Gasteiger partial charge in [-0.3, -0.25) is 29.6 Å². The first kappa shape index (κ1) is 24.3. The summed E-state index contributed by atoms with van der Waals surface area (Å²) in [4.78, 5) is 42.4. The molecular weight excluding hydrogens is 514 g/mol. The van der Waals surface area contributed by atoms with Gasteiger partial charge in [-0.1, -0.05) is 65.6 Å². The summed E-state index contributed by atoms with van der Waals surface area (Å²) in [7, 11) is 0. The van der Waals surface area contributed by atoms with Gasteiger partial charge < -0.3 is 5.11 Å². The number of carbonyl (C=O) groups excluding carboxylic acids is 2. The lowest BCUT2D eigenvalue weighted by Crippen LogP contribution is -2.29. The average Bonchev–Trinajstić information content (AvgIpc) is 3.50. The lowest BCUT2D eigenvalue weighted by Gasteiger charge is -2.22. The number of rotatable bonds is 7. The molecule has 2 aromatic carbocycles. The average molecular weight is 532 g/mol. The Hall–Kier alpha value is -4.42. The van der Waals surface area contributed by atoms with E-state index in [0.29, 0.717) is 10.1 Å². The molecule has 1 amide bonds. The number of hydrogen-bond acceptors (Lipinski definition) is 10. The number of carbonyl (C=O) groups is 2. The van der Waals surface area contributed by atoms with Gasteiger partial charge in [0.15, 0.2) is 4.34 Å². The number of benzene rings is 2. The maximum atomic E-state index is 13.3. The quantitative estimate of drug-likeness (QED) is 0.0680. The van der Waals surface area contributed by atoms with E-state index in [0.717, 1.165) is 21.8 Å². The topological polar surface area (TPSA) is 139 Å². The van der Waals surface area contributed by atoms with E-state index in [9.17, 15) is 24.8 Å². The number of anilines is 1. The Kier molecular flexibility index (Phi) is 6.75. The summed E-state index contributed by atoms with van der Waals surface area (Å²) >= 11 is 2.55. The fourth-order valence-corrected chi connectivity index (χ4v) is 5.72. The molecule has 12 heteroatoms. The van der Waals surface area contributed by atoms with Crippen molar-refractivity contribution in [2.45, 2.75) is 16.1 Å². The maximum absolute atomic E-state index is 13.3. The van der Waals surface area contributed by atoms with Gasteiger partial charge in [-0.2, -0.15) is 0 Å². The van der Waals surface area contributed by atoms with Crippen LogP contribution in [0.4, 0.5) is 10.8 Å². The second-order valence-electron chi connectivity index (χ2n) is 7.88. The van der Waals surface area contributed by atoms with Gasteiger partial charge in [0.05, 0.1) is 16.5 Å². The van der Waals surface area contributed by atoms with Crippen molar-refractivity contribution in [2.24, 2.45) is 0 Å². The van der Waals surface area contributed by atoms with Crippen LogP contribution in [0.2, 0.25) is 0 Å². The molecule has 4 aromatic rings. The van der Waals surface area contributed by atoms with Crippen LogP contribution >= 0.6 is 23.1 Å². The molecule has 1 aliphatic rings. The maximum Gasteiger partial charge on any atom is 0.301 e. The summed E-state index contributed by atoms with van der Waals surface area (Å²) < 4.78 is 0.577. The molecule has 0 radical (unpaired) electrons. The Morgan fingerprint density at radius 1 is 1.05 bits per heavy atom. The third-order valence-corrected chi connectivity index (χ3v) is 7.73. The van der Waals surface area contributed by atoms with Crippen molar-refractivity contribution in [2.75, 3.05) is 4.90 Å². The van der Waals surface area contributed by atoms with Crippen molar-refractivity contribution >= 4 is 51.4 Å². The first-order valence-electron chi connectivity index (χ1n) is 10.9. The first-order valence-corrected chi connectivity index (χ1v) is 12.7. The molecule has 10 nitrogen and oxygen atoms in total. The molecule has 2 aromatic heterocycles. The molecule has 1 fully saturated rings. The van der Waals surface area contributed by atoms with Crippen molar-refractivity contribution < 1.29 is 19.6 Å². The summed E-state index contributed by atoms with van der Waals surface area (Å²) in [6.07, 6.45) is 2.88. The molecular formula is C25H17N5O5S2. The number of aliphatic hydroxyl groups is 1. The number of non-ortho nitro benzene ring substituents is 1. The number of Topliss-reactive ketones (excluding diaryl/α,β-unsaturated/α-hetero) is 1. The van der Waals surface area contributed by atoms with E-state index in [-0.39, 0.29) is 27.5 Å². The van der Waals surface area contributed by atoms with Gasteiger partial charge >= 0.3 is 5.91 Å². The van der Waals surface area contributed by atoms with Crippen LogP contribution in [-0.4, -0.2) is 36.9 Å². The van der Waals surface area contributed by atoms with Crippen LogP contribution in [0.25, 0.3) is 5.76 Å². The lowest BCUT2D eigenvalue weighted by molar-refractivity contribution is -0.384. The van der Waals surface area contributed by atoms with Crippen LogP contribution < -0.4 is 4.90 Å². The van der Waals surface area contributed by atoms with Crippen LogP contribution in [0.1, 0.15) is 22.7 Å². The van der Waals surface area contributed by atoms with Gasteiger partial charge in [-0.25, -0.2) is 0 Å². The van der Waals surface area contributed by atoms with Crippen molar-refractivity contribution in [3.8, 4) is 0 Å². The number of ketones is 1. The zero-order valence-electron chi connectivity index (χ0n) is 18.9. The molecule has 1 unspecified atom stereocenters. The number of aromatic nitrogens is 3. The second kappa shape index (κ2) is 10.3. The predicted octanol–water partition coefficient (Wildman–Crippen LogP) is 4.76. The third-order valence-electron chi connectivity index (χ3n) is 5.60. The minimum atomic E-state index is -1.15. The Balaban J connectivity index is 1.58. The minimum absolute atomic E-state index is 0.142. The van der Waals surface area contributed by atoms with E-state index in [1.54, 1.807) is 6.07 Å². The van der Waals surface area contributed by atoms with E-state index in [4.69, 9.17) is 0 Å². The van der Waals surface area contributed by atoms with Gasteiger partial charge in [0.25, 0.3) is 11.5 Å². The molecule has 1 N–H and O–H groups in total. The number of thioether (sulfide) groups is 1. The van der Waals surface area contributed by atoms with E-state index in [1.807, 2.05) is 30.3 Å². The zero-order valence-corrected chi connectivity index (χ0v) is 20.6. The Morgan fingerprint density at radius 3 is 2.54 bits per heavy atom. The van der Waals surface area contributed by atoms with Crippen LogP contribution in [0.5, 0.6) is 0 Å². The normalized spacial score (nSPS) is 16.8. The largest absolute Gasteiger partial charge is 0.507 e. The number of nitro benzene ring substituents is 1. The molecule has 0 bridgehead atoms. The van der Waals surface area contributed by atoms with Gasteiger partial charge in [0.1, 0.15) is 5.76 Å². The van der Waals surface area contributed by atoms with E-state index < -0.39 is 28.4 Å². The molecule has 184 valence electrons. The molecule has 37 heavy (non-hydrogen) atoms. The Labute approximate surface area is 218 Å². The van der Waals surface area contributed by atoms with Crippen molar-refractivity contribution in [3.63, 3.8) is 0 Å². The van der Waals surface area contributed by atoms with Crippen molar-refractivity contribution in [1.82, 2.24) is 15.2 Å². The van der Waals surface area contributed by atoms with Crippen LogP contribution in [0.15, 0.2) is 89.0 Å². The standard InChI is InChI=1S/C25H17N5O5S2/c31-21(16-9-11-26-12-10-16)19-20(17-7-4-8-18(13-17)30(34)35)29(23(33)22(19)32)24-27-28-25(37-24)36-14-15-5-2-1-3-6-15/h1-13,20,31H,14H2. The second-order valence-corrected chi connectivity index (χ2v) is 10.1. The molecule has 1 atom stereocenters. The fourth-order valence-electron chi connectivity index (χ4n) is 3.90. The molecule has 0 spiro atoms. The summed E-state index contributed by atoms with van der Waals surface area (Å²) in [5.74, 6) is -1.63. The van der Waals surface area contributed by atoms with Gasteiger partial charge in [-0.05, 0) is 23.3 Å². The Bertz CT molecular complexity index is 1520. The zero-order chi connectivity index (χ0) is 25.9. The van der Waals surface area contributed by atoms with E-state index >= 15 is 0 Å². The molecule has 0 aliphatic carbocycles. The summed E-state index contributed by atoms with van der Waals surface area (Å²) in [6, 6.07) is 17.2. The van der Waals surface area contributed by atoms with E-state index in [2.05, 4.69) is 15.2 Å². The monoisotopic (exact) mass is 531 g/mol. The van der Waals surface area contributed by atoms with Gasteiger partial charge in [-0.15, -0.1) is 10.2 Å². The number of aliphatic hydroxyl groups excluding tert-OH is 1. The smallest absolute Gasteiger partial charge is 0.301 e. The third kappa shape index (κ3) is 4.84. The first-order chi connectivity index (χ1) is 17.9. The number of hydrogen-bond donors (Lipinski definition) is 1. The van der Waals surface area contributed by atoms with E-state index in [1.165, 1.54) is 54.5 Å². The highest BCUT2D eigenvalue weighted by Crippen LogP contribution is 2.44. The SMILES string of the molecule is O=C1C(=O)N(c2nnc(SCc3ccccc3)s2)C(c2cccc([N+](=O)[O-])c2)C1=C(O)c1ccncc1. The summed E-state index contributed by atoms with van der Waals surface area (Å²) in [6.45, 7) is 0. The van der Waals surface area contributed by atoms with Crippen LogP contribution in [-0.2, 0) is 15.3 Å². The van der Waals surface area contributed by atoms with Gasteiger partial charge in [0.2, 0.25) is 5.13 Å². The van der Waals surface area contributed by atoms with Crippen molar-refractivity contribution in [3.05, 3.63) is 112 Å². The number of pyridine rings is 1. The number of nitrogens with zero attached hydrogens (tertiary/aromatic N) is 5. The highest BCUT2D eigenvalue weighted by molar-refractivity contribution is 8.00. The molecule has 5 rings (SSSR count). The highest BCUT2D eigenvalue weighted by Gasteiger charge is 2.48. The minimum Gasteiger partial charge on any atom is -0.507 e. The Morgan fingerprint density at radius 2 is 1.81 bits per heavy atom. The van der Waals surface area contributed by atoms with Crippen molar-refractivity contribution in [1.29, 1.82) is 0 Å². The lowest BCUT2D eigenvalue weighted by atomic mass is 9.95.